The Bertz CT molecular complexity index is 996. The first kappa shape index (κ1) is 21.5. The molecule has 0 radical (unpaired) electrons. The molecule has 0 unspecified atom stereocenters. The smallest absolute Gasteiger partial charge is 0.387 e. The summed E-state index contributed by atoms with van der Waals surface area (Å²) in [4.78, 5) is 18.3. The summed E-state index contributed by atoms with van der Waals surface area (Å²) in [6.45, 7) is 0.990. The van der Waals surface area contributed by atoms with Crippen molar-refractivity contribution < 1.29 is 28.2 Å². The minimum Gasteiger partial charge on any atom is -0.487 e. The Labute approximate surface area is 176 Å². The molecule has 0 aliphatic heterocycles. The number of alkyl halides is 2. The number of hydrogen-bond donors (Lipinski definition) is 1. The van der Waals surface area contributed by atoms with Crippen LogP contribution in [0.1, 0.15) is 29.1 Å². The van der Waals surface area contributed by atoms with E-state index < -0.39 is 12.6 Å². The fourth-order valence-electron chi connectivity index (χ4n) is 2.82. The lowest BCUT2D eigenvalue weighted by Crippen LogP contribution is -2.17. The van der Waals surface area contributed by atoms with Crippen LogP contribution in [0.5, 0.6) is 11.5 Å². The van der Waals surface area contributed by atoms with Crippen LogP contribution in [0.3, 0.4) is 0 Å². The molecule has 0 saturated heterocycles. The predicted molar refractivity (Wildman–Crippen MR) is 110 cm³/mol. The summed E-state index contributed by atoms with van der Waals surface area (Å²) in [5.41, 5.74) is 3.09. The number of aromatic nitrogens is 1. The summed E-state index contributed by atoms with van der Waals surface area (Å²) in [6, 6.07) is 11.1. The van der Waals surface area contributed by atoms with Gasteiger partial charge in [-0.25, -0.2) is 4.79 Å². The van der Waals surface area contributed by atoms with E-state index in [-0.39, 0.29) is 23.2 Å². The van der Waals surface area contributed by atoms with Crippen molar-refractivity contribution in [2.75, 3.05) is 4.90 Å². The summed E-state index contributed by atoms with van der Waals surface area (Å²) in [7, 11) is 0. The van der Waals surface area contributed by atoms with Gasteiger partial charge in [0.2, 0.25) is 0 Å². The van der Waals surface area contributed by atoms with Gasteiger partial charge in [0.25, 0.3) is 0 Å². The predicted octanol–water partition coefficient (Wildman–Crippen LogP) is 5.57. The highest BCUT2D eigenvalue weighted by Crippen LogP contribution is 2.37. The second-order valence-corrected chi connectivity index (χ2v) is 7.56. The number of anilines is 2. The number of nitrogens with zero attached hydrogens (tertiary/aromatic N) is 2. The zero-order valence-corrected chi connectivity index (χ0v) is 17.1. The Morgan fingerprint density at radius 2 is 1.90 bits per heavy atom. The third kappa shape index (κ3) is 5.44. The van der Waals surface area contributed by atoms with Gasteiger partial charge in [-0.2, -0.15) is 8.78 Å². The van der Waals surface area contributed by atoms with Crippen molar-refractivity contribution in [1.82, 2.24) is 4.98 Å². The van der Waals surface area contributed by atoms with E-state index in [0.717, 1.165) is 4.88 Å². The number of rotatable bonds is 9. The third-order valence-electron chi connectivity index (χ3n) is 4.02. The van der Waals surface area contributed by atoms with Crippen molar-refractivity contribution in [2.45, 2.75) is 33.1 Å². The Kier molecular flexibility index (Phi) is 6.83. The van der Waals surface area contributed by atoms with E-state index >= 15 is 0 Å². The maximum atomic E-state index is 12.8. The fourth-order valence-corrected chi connectivity index (χ4v) is 3.40. The first-order valence-electron chi connectivity index (χ1n) is 9.07. The molecule has 9 heteroatoms. The number of halogens is 2. The zero-order chi connectivity index (χ0) is 21.7. The van der Waals surface area contributed by atoms with Crippen molar-refractivity contribution in [1.29, 1.82) is 0 Å². The van der Waals surface area contributed by atoms with Crippen molar-refractivity contribution in [3.8, 4) is 11.5 Å². The lowest BCUT2D eigenvalue weighted by molar-refractivity contribution is -0.0518. The molecule has 1 aromatic heterocycles. The SMILES string of the molecule is CC(C)Oc1cc(N(Cc2cncs2)c2cccc(C(=O)O)c2)ccc1OC(F)F. The molecule has 30 heavy (non-hydrogen) atoms. The molecule has 6 nitrogen and oxygen atoms in total. The number of aromatic carboxylic acids is 1. The summed E-state index contributed by atoms with van der Waals surface area (Å²) in [6.07, 6.45) is 1.46. The lowest BCUT2D eigenvalue weighted by Gasteiger charge is -2.26. The molecular formula is C21H20F2N2O4S. The number of thiazole rings is 1. The first-order valence-corrected chi connectivity index (χ1v) is 9.95. The van der Waals surface area contributed by atoms with Crippen LogP contribution in [-0.4, -0.2) is 28.8 Å². The lowest BCUT2D eigenvalue weighted by atomic mass is 10.1. The van der Waals surface area contributed by atoms with Gasteiger partial charge in [0.05, 0.1) is 23.7 Å². The standard InChI is InChI=1S/C21H20F2N2O4S/c1-13(2)28-19-9-16(6-7-18(19)29-21(22)23)25(11-17-10-24-12-30-17)15-5-3-4-14(8-15)20(26)27/h3-10,12-13,21H,11H2,1-2H3,(H,26,27). The van der Waals surface area contributed by atoms with Crippen LogP contribution in [0.2, 0.25) is 0 Å². The maximum Gasteiger partial charge on any atom is 0.387 e. The molecule has 0 atom stereocenters. The molecule has 0 bridgehead atoms. The van der Waals surface area contributed by atoms with Gasteiger partial charge in [-0.05, 0) is 44.2 Å². The topological polar surface area (TPSA) is 71.9 Å². The van der Waals surface area contributed by atoms with Gasteiger partial charge in [0.1, 0.15) is 0 Å². The van der Waals surface area contributed by atoms with Gasteiger partial charge in [0, 0.05) is 28.5 Å². The molecule has 3 aromatic rings. The van der Waals surface area contributed by atoms with E-state index in [2.05, 4.69) is 9.72 Å². The van der Waals surface area contributed by atoms with Crippen LogP contribution in [0.15, 0.2) is 54.2 Å². The van der Waals surface area contributed by atoms with Crippen LogP contribution < -0.4 is 14.4 Å². The van der Waals surface area contributed by atoms with Crippen molar-refractivity contribution in [2.24, 2.45) is 0 Å². The van der Waals surface area contributed by atoms with Crippen LogP contribution in [0, 0.1) is 0 Å². The normalized spacial score (nSPS) is 11.0. The number of carboxylic acid groups (broad SMARTS) is 1. The van der Waals surface area contributed by atoms with Crippen molar-refractivity contribution in [3.05, 3.63) is 64.6 Å². The molecule has 3 rings (SSSR count). The first-order chi connectivity index (χ1) is 14.3. The van der Waals surface area contributed by atoms with E-state index in [9.17, 15) is 18.7 Å². The van der Waals surface area contributed by atoms with Crippen molar-refractivity contribution in [3.63, 3.8) is 0 Å². The number of ether oxygens (including phenoxy) is 2. The summed E-state index contributed by atoms with van der Waals surface area (Å²) in [5.74, 6) is -0.940. The highest BCUT2D eigenvalue weighted by atomic mass is 32.1. The number of benzene rings is 2. The molecular weight excluding hydrogens is 414 g/mol. The second-order valence-electron chi connectivity index (χ2n) is 6.59. The monoisotopic (exact) mass is 434 g/mol. The molecule has 0 saturated carbocycles. The Morgan fingerprint density at radius 1 is 1.13 bits per heavy atom. The van der Waals surface area contributed by atoms with E-state index in [1.165, 1.54) is 23.5 Å². The Hall–Kier alpha value is -3.20. The zero-order valence-electron chi connectivity index (χ0n) is 16.3. The van der Waals surface area contributed by atoms with Crippen molar-refractivity contribution >= 4 is 28.7 Å². The molecule has 0 aliphatic carbocycles. The Balaban J connectivity index is 2.06. The van der Waals surface area contributed by atoms with E-state index in [0.29, 0.717) is 17.9 Å². The van der Waals surface area contributed by atoms with Crippen LogP contribution in [0.4, 0.5) is 20.2 Å². The highest BCUT2D eigenvalue weighted by Gasteiger charge is 2.18. The summed E-state index contributed by atoms with van der Waals surface area (Å²) in [5, 5.41) is 9.35. The molecule has 0 fully saturated rings. The van der Waals surface area contributed by atoms with Gasteiger partial charge in [-0.1, -0.05) is 6.07 Å². The molecule has 0 spiro atoms. The number of carbonyl (C=O) groups is 1. The van der Waals surface area contributed by atoms with Gasteiger partial charge in [-0.15, -0.1) is 11.3 Å². The van der Waals surface area contributed by atoms with Gasteiger partial charge in [-0.3, -0.25) is 4.98 Å². The molecule has 1 N–H and O–H groups in total. The van der Waals surface area contributed by atoms with E-state index in [1.54, 1.807) is 55.9 Å². The fraction of sp³-hybridized carbons (Fsp3) is 0.238. The van der Waals surface area contributed by atoms with Crippen LogP contribution >= 0.6 is 11.3 Å². The second kappa shape index (κ2) is 9.53. The molecule has 158 valence electrons. The molecule has 0 amide bonds. The molecule has 0 aliphatic rings. The van der Waals surface area contributed by atoms with Crippen LogP contribution in [-0.2, 0) is 6.54 Å². The van der Waals surface area contributed by atoms with E-state index in [1.807, 2.05) is 4.90 Å². The summed E-state index contributed by atoms with van der Waals surface area (Å²) < 4.78 is 35.8. The summed E-state index contributed by atoms with van der Waals surface area (Å²) >= 11 is 1.45. The van der Waals surface area contributed by atoms with Crippen LogP contribution in [0.25, 0.3) is 0 Å². The number of hydrogen-bond acceptors (Lipinski definition) is 6. The van der Waals surface area contributed by atoms with Gasteiger partial charge in [0.15, 0.2) is 11.5 Å². The van der Waals surface area contributed by atoms with E-state index in [4.69, 9.17) is 4.74 Å². The molecule has 1 heterocycles. The highest BCUT2D eigenvalue weighted by molar-refractivity contribution is 7.09. The average molecular weight is 434 g/mol. The maximum absolute atomic E-state index is 12.8. The minimum absolute atomic E-state index is 0.0699. The van der Waals surface area contributed by atoms with Gasteiger partial charge >= 0.3 is 12.6 Å². The Morgan fingerprint density at radius 3 is 2.53 bits per heavy atom. The van der Waals surface area contributed by atoms with Gasteiger partial charge < -0.3 is 19.5 Å². The minimum atomic E-state index is -2.98. The largest absolute Gasteiger partial charge is 0.487 e. The quantitative estimate of drug-likeness (QED) is 0.475. The molecule has 2 aromatic carbocycles. The third-order valence-corrected chi connectivity index (χ3v) is 4.78. The number of carboxylic acids is 1. The average Bonchev–Trinajstić information content (AvgIpc) is 3.20.